The van der Waals surface area contributed by atoms with Gasteiger partial charge in [0.2, 0.25) is 0 Å². The van der Waals surface area contributed by atoms with Gasteiger partial charge in [-0.2, -0.15) is 8.75 Å². The zero-order valence-corrected chi connectivity index (χ0v) is 17.8. The van der Waals surface area contributed by atoms with E-state index in [0.717, 1.165) is 11.0 Å². The average molecular weight is 439 g/mol. The molecule has 4 aromatic rings. The smallest absolute Gasteiger partial charge is 0.114 e. The Labute approximate surface area is 176 Å². The second-order valence-electron chi connectivity index (χ2n) is 6.00. The predicted octanol–water partition coefficient (Wildman–Crippen LogP) is 5.62. The molecule has 0 spiro atoms. The van der Waals surface area contributed by atoms with Gasteiger partial charge in [0.05, 0.1) is 20.2 Å². The lowest BCUT2D eigenvalue weighted by molar-refractivity contribution is 1.27. The van der Waals surface area contributed by atoms with E-state index in [1.165, 1.54) is 50.2 Å². The maximum absolute atomic E-state index is 4.66. The van der Waals surface area contributed by atoms with Crippen molar-refractivity contribution >= 4 is 78.3 Å². The van der Waals surface area contributed by atoms with Gasteiger partial charge in [-0.15, -0.1) is 0 Å². The van der Waals surface area contributed by atoms with Gasteiger partial charge in [0.25, 0.3) is 0 Å². The van der Waals surface area contributed by atoms with Crippen molar-refractivity contribution in [1.82, 2.24) is 8.75 Å². The lowest BCUT2D eigenvalue weighted by Crippen LogP contribution is -2.13. The fraction of sp³-hybridized carbons (Fsp3) is 0. The standard InChI is InChI=1S/C20H10N2S5/c1-2-6-14-13(5-1)23-19(24-14)11-9-10-12(18-17(11)21-27-22-18)20-25-15-7-3-4-8-16(15)26-20/h1-10H. The molecule has 2 aliphatic rings. The summed E-state index contributed by atoms with van der Waals surface area (Å²) in [5, 5.41) is 2.39. The van der Waals surface area contributed by atoms with Crippen LogP contribution in [0, 0.1) is 0 Å². The van der Waals surface area contributed by atoms with Gasteiger partial charge < -0.3 is 0 Å². The monoisotopic (exact) mass is 438 g/mol. The molecule has 2 aliphatic heterocycles. The molecule has 3 heterocycles. The van der Waals surface area contributed by atoms with Gasteiger partial charge in [0.1, 0.15) is 11.0 Å². The number of hydrogen-bond acceptors (Lipinski definition) is 7. The molecular formula is C20H10N2S5. The molecule has 0 fully saturated rings. The Hall–Kier alpha value is -1.38. The van der Waals surface area contributed by atoms with Crippen molar-refractivity contribution in [2.75, 3.05) is 0 Å². The number of nitrogens with zero attached hydrogens (tertiary/aromatic N) is 2. The number of benzene rings is 3. The highest BCUT2D eigenvalue weighted by atomic mass is 32.2. The minimum absolute atomic E-state index is 1.02. The lowest BCUT2D eigenvalue weighted by atomic mass is 10.2. The number of thioether (sulfide) groups is 4. The molecule has 0 saturated heterocycles. The lowest BCUT2D eigenvalue weighted by Gasteiger charge is -1.99. The highest BCUT2D eigenvalue weighted by Gasteiger charge is 2.21. The van der Waals surface area contributed by atoms with Crippen LogP contribution < -0.4 is 10.4 Å². The summed E-state index contributed by atoms with van der Waals surface area (Å²) >= 11 is 8.64. The molecule has 2 nitrogen and oxygen atoms in total. The summed E-state index contributed by atoms with van der Waals surface area (Å²) in [4.78, 5) is 5.29. The number of fused-ring (bicyclic) bond motifs is 3. The first-order valence-corrected chi connectivity index (χ1v) is 12.3. The van der Waals surface area contributed by atoms with Crippen molar-refractivity contribution in [1.29, 1.82) is 0 Å². The fourth-order valence-electron chi connectivity index (χ4n) is 3.09. The van der Waals surface area contributed by atoms with Crippen LogP contribution in [0.2, 0.25) is 0 Å². The molecule has 0 aliphatic carbocycles. The topological polar surface area (TPSA) is 25.8 Å². The van der Waals surface area contributed by atoms with Gasteiger partial charge in [-0.25, -0.2) is 0 Å². The van der Waals surface area contributed by atoms with Crippen molar-refractivity contribution in [3.05, 3.63) is 71.1 Å². The van der Waals surface area contributed by atoms with Crippen molar-refractivity contribution in [3.8, 4) is 0 Å². The Morgan fingerprint density at radius 2 is 0.852 bits per heavy atom. The third-order valence-electron chi connectivity index (χ3n) is 4.36. The maximum atomic E-state index is 4.66. The molecule has 1 aromatic heterocycles. The maximum Gasteiger partial charge on any atom is 0.114 e. The first-order chi connectivity index (χ1) is 13.4. The molecule has 7 heteroatoms. The number of aromatic nitrogens is 2. The third kappa shape index (κ3) is 2.76. The first kappa shape index (κ1) is 16.6. The van der Waals surface area contributed by atoms with Crippen molar-refractivity contribution < 1.29 is 0 Å². The molecule has 0 N–H and O–H groups in total. The SMILES string of the molecule is c1ccc2c(c1)SC(=c1ccc(=C3Sc4ccccc4S3)c3nsnc13)S2. The predicted molar refractivity (Wildman–Crippen MR) is 120 cm³/mol. The van der Waals surface area contributed by atoms with E-state index < -0.39 is 0 Å². The van der Waals surface area contributed by atoms with Gasteiger partial charge in [-0.05, 0) is 24.3 Å². The summed E-state index contributed by atoms with van der Waals surface area (Å²) in [5.74, 6) is 0. The van der Waals surface area contributed by atoms with Gasteiger partial charge in [-0.3, -0.25) is 0 Å². The van der Waals surface area contributed by atoms with E-state index in [9.17, 15) is 0 Å². The Balaban J connectivity index is 1.55. The molecule has 0 amide bonds. The van der Waals surface area contributed by atoms with Crippen LogP contribution in [0.15, 0.2) is 80.2 Å². The largest absolute Gasteiger partial charge is 0.172 e. The minimum atomic E-state index is 1.02. The molecule has 130 valence electrons. The van der Waals surface area contributed by atoms with Crippen LogP contribution in [0.1, 0.15) is 0 Å². The molecule has 0 bridgehead atoms. The van der Waals surface area contributed by atoms with Crippen LogP contribution in [-0.4, -0.2) is 8.75 Å². The normalized spacial score (nSPS) is 15.4. The molecule has 27 heavy (non-hydrogen) atoms. The second kappa shape index (κ2) is 6.60. The molecule has 6 rings (SSSR count). The van der Waals surface area contributed by atoms with E-state index in [1.807, 2.05) is 47.0 Å². The van der Waals surface area contributed by atoms with E-state index in [4.69, 9.17) is 0 Å². The van der Waals surface area contributed by atoms with Crippen LogP contribution in [0.3, 0.4) is 0 Å². The van der Waals surface area contributed by atoms with Crippen LogP contribution >= 0.6 is 58.8 Å². The molecule has 0 radical (unpaired) electrons. The van der Waals surface area contributed by atoms with Gasteiger partial charge >= 0.3 is 0 Å². The van der Waals surface area contributed by atoms with Crippen LogP contribution in [0.5, 0.6) is 0 Å². The molecule has 3 aromatic carbocycles. The van der Waals surface area contributed by atoms with E-state index in [1.54, 1.807) is 0 Å². The third-order valence-corrected chi connectivity index (χ3v) is 10.1. The van der Waals surface area contributed by atoms with E-state index >= 15 is 0 Å². The first-order valence-electron chi connectivity index (χ1n) is 8.26. The Morgan fingerprint density at radius 1 is 0.481 bits per heavy atom. The van der Waals surface area contributed by atoms with Gasteiger partial charge in [0, 0.05) is 30.0 Å². The summed E-state index contributed by atoms with van der Waals surface area (Å²) in [5.41, 5.74) is 2.04. The highest BCUT2D eigenvalue weighted by molar-refractivity contribution is 8.32. The summed E-state index contributed by atoms with van der Waals surface area (Å²) < 4.78 is 11.9. The molecule has 0 unspecified atom stereocenters. The fourth-order valence-corrected chi connectivity index (χ4v) is 8.74. The molecular weight excluding hydrogens is 429 g/mol. The van der Waals surface area contributed by atoms with Crippen LogP contribution in [0.4, 0.5) is 0 Å². The quantitative estimate of drug-likeness (QED) is 0.354. The zero-order valence-electron chi connectivity index (χ0n) is 13.7. The minimum Gasteiger partial charge on any atom is -0.172 e. The molecule has 0 saturated carbocycles. The highest BCUT2D eigenvalue weighted by Crippen LogP contribution is 2.52. The van der Waals surface area contributed by atoms with Crippen molar-refractivity contribution in [2.45, 2.75) is 19.6 Å². The summed E-state index contributed by atoms with van der Waals surface area (Å²) in [7, 11) is 0. The molecule has 0 atom stereocenters. The Kier molecular flexibility index (Phi) is 4.05. The van der Waals surface area contributed by atoms with Crippen molar-refractivity contribution in [3.63, 3.8) is 0 Å². The summed E-state index contributed by atoms with van der Waals surface area (Å²) in [6, 6.07) is 21.6. The van der Waals surface area contributed by atoms with E-state index in [0.29, 0.717) is 0 Å². The van der Waals surface area contributed by atoms with Crippen molar-refractivity contribution in [2.24, 2.45) is 0 Å². The second-order valence-corrected chi connectivity index (χ2v) is 11.3. The average Bonchev–Trinajstić information content (AvgIpc) is 3.43. The van der Waals surface area contributed by atoms with Gasteiger partial charge in [0.15, 0.2) is 0 Å². The Bertz CT molecular complexity index is 1190. The van der Waals surface area contributed by atoms with Gasteiger partial charge in [-0.1, -0.05) is 83.4 Å². The summed E-state index contributed by atoms with van der Waals surface area (Å²) in [6.07, 6.45) is 0. The number of hydrogen-bond donors (Lipinski definition) is 0. The van der Waals surface area contributed by atoms with E-state index in [-0.39, 0.29) is 0 Å². The zero-order chi connectivity index (χ0) is 17.8. The van der Waals surface area contributed by atoms with Crippen LogP contribution in [-0.2, 0) is 0 Å². The number of rotatable bonds is 0. The summed E-state index contributed by atoms with van der Waals surface area (Å²) in [6.45, 7) is 0. The van der Waals surface area contributed by atoms with Crippen LogP contribution in [0.25, 0.3) is 19.5 Å². The Morgan fingerprint density at radius 3 is 1.22 bits per heavy atom. The van der Waals surface area contributed by atoms with E-state index in [2.05, 4.69) is 69.4 Å².